The molecule has 0 spiro atoms. The zero-order valence-corrected chi connectivity index (χ0v) is 15.8. The van der Waals surface area contributed by atoms with E-state index in [4.69, 9.17) is 9.41 Å². The molecule has 3 heterocycles. The Balaban J connectivity index is 1.71. The maximum atomic E-state index is 13.6. The molecule has 4 nitrogen and oxygen atoms in total. The fraction of sp³-hybridized carbons (Fsp3) is 0.0435. The molecule has 1 atom stereocenters. The lowest BCUT2D eigenvalue weighted by Crippen LogP contribution is -2.36. The summed E-state index contributed by atoms with van der Waals surface area (Å²) in [6.45, 7) is 0. The Morgan fingerprint density at radius 3 is 2.59 bits per heavy atom. The standard InChI is InChI=1S/C23H13FN2O2S/c24-14-11-9-13(10-12-14)21-19-20(15-5-1-3-7-17(15)28-22(19)27)25-23-26(21)16-6-2-4-8-18(16)29-23/h1-12,21H. The van der Waals surface area contributed by atoms with Gasteiger partial charge in [-0.25, -0.2) is 14.2 Å². The quantitative estimate of drug-likeness (QED) is 0.388. The maximum Gasteiger partial charge on any atom is 0.344 e. The summed E-state index contributed by atoms with van der Waals surface area (Å²) in [6.07, 6.45) is 0. The highest BCUT2D eigenvalue weighted by Gasteiger charge is 2.41. The van der Waals surface area contributed by atoms with E-state index in [0.717, 1.165) is 26.7 Å². The van der Waals surface area contributed by atoms with Gasteiger partial charge in [-0.05, 0) is 53.7 Å². The van der Waals surface area contributed by atoms with Gasteiger partial charge in [0, 0.05) is 10.3 Å². The van der Waals surface area contributed by atoms with Crippen molar-refractivity contribution < 1.29 is 8.81 Å². The molecule has 2 aliphatic rings. The average Bonchev–Trinajstić information content (AvgIpc) is 3.11. The van der Waals surface area contributed by atoms with Gasteiger partial charge in [0.2, 0.25) is 0 Å². The normalized spacial score (nSPS) is 16.9. The van der Waals surface area contributed by atoms with Gasteiger partial charge >= 0.3 is 5.63 Å². The van der Waals surface area contributed by atoms with Crippen LogP contribution in [-0.2, 0) is 0 Å². The van der Waals surface area contributed by atoms with Gasteiger partial charge in [-0.1, -0.05) is 36.4 Å². The molecule has 4 aromatic rings. The first-order chi connectivity index (χ1) is 14.2. The predicted octanol–water partition coefficient (Wildman–Crippen LogP) is 5.63. The lowest BCUT2D eigenvalue weighted by Gasteiger charge is -2.34. The number of rotatable bonds is 1. The second kappa shape index (κ2) is 6.06. The van der Waals surface area contributed by atoms with E-state index in [1.807, 2.05) is 47.4 Å². The summed E-state index contributed by atoms with van der Waals surface area (Å²) in [4.78, 5) is 21.1. The predicted molar refractivity (Wildman–Crippen MR) is 113 cm³/mol. The average molecular weight is 400 g/mol. The molecule has 0 aliphatic carbocycles. The molecule has 0 amide bonds. The van der Waals surface area contributed by atoms with Crippen LogP contribution in [-0.4, -0.2) is 5.17 Å². The van der Waals surface area contributed by atoms with Gasteiger partial charge in [0.1, 0.15) is 11.4 Å². The number of nitrogens with zero attached hydrogens (tertiary/aromatic N) is 2. The molecule has 140 valence electrons. The Morgan fingerprint density at radius 1 is 0.966 bits per heavy atom. The Morgan fingerprint density at radius 2 is 1.72 bits per heavy atom. The van der Waals surface area contributed by atoms with E-state index in [1.165, 1.54) is 12.1 Å². The molecule has 29 heavy (non-hydrogen) atoms. The van der Waals surface area contributed by atoms with Crippen LogP contribution in [0, 0.1) is 5.82 Å². The van der Waals surface area contributed by atoms with E-state index in [1.54, 1.807) is 30.0 Å². The minimum atomic E-state index is -0.449. The van der Waals surface area contributed by atoms with Crippen LogP contribution in [0.4, 0.5) is 15.8 Å². The lowest BCUT2D eigenvalue weighted by molar-refractivity contribution is 0.544. The summed E-state index contributed by atoms with van der Waals surface area (Å²) >= 11 is 1.57. The molecule has 1 aromatic heterocycles. The fourth-order valence-corrected chi connectivity index (χ4v) is 5.07. The molecule has 1 unspecified atom stereocenters. The first-order valence-corrected chi connectivity index (χ1v) is 9.98. The number of fused-ring (bicyclic) bond motifs is 6. The topological polar surface area (TPSA) is 45.8 Å². The Kier molecular flexibility index (Phi) is 3.46. The molecular weight excluding hydrogens is 387 g/mol. The number of hydrogen-bond acceptors (Lipinski definition) is 5. The molecular formula is C23H13FN2O2S. The maximum absolute atomic E-state index is 13.6. The van der Waals surface area contributed by atoms with Gasteiger partial charge in [-0.2, -0.15) is 0 Å². The van der Waals surface area contributed by atoms with Crippen LogP contribution in [0.25, 0.3) is 11.0 Å². The number of amidine groups is 1. The fourth-order valence-electron chi connectivity index (χ4n) is 4.01. The van der Waals surface area contributed by atoms with E-state index in [2.05, 4.69) is 0 Å². The molecule has 2 aliphatic heterocycles. The van der Waals surface area contributed by atoms with Gasteiger partial charge in [-0.3, -0.25) is 0 Å². The van der Waals surface area contributed by atoms with Crippen molar-refractivity contribution in [2.45, 2.75) is 10.9 Å². The summed E-state index contributed by atoms with van der Waals surface area (Å²) in [5.74, 6) is -0.319. The second-order valence-electron chi connectivity index (χ2n) is 6.94. The van der Waals surface area contributed by atoms with Crippen molar-refractivity contribution in [2.24, 2.45) is 4.99 Å². The second-order valence-corrected chi connectivity index (χ2v) is 7.95. The van der Waals surface area contributed by atoms with Gasteiger partial charge < -0.3 is 9.32 Å². The third-order valence-electron chi connectivity index (χ3n) is 5.28. The van der Waals surface area contributed by atoms with Crippen molar-refractivity contribution in [3.63, 3.8) is 0 Å². The summed E-state index contributed by atoms with van der Waals surface area (Å²) < 4.78 is 19.3. The molecule has 0 N–H and O–H groups in total. The van der Waals surface area contributed by atoms with Crippen LogP contribution in [0.5, 0.6) is 0 Å². The third kappa shape index (κ3) is 2.39. The highest BCUT2D eigenvalue weighted by atomic mass is 32.2. The minimum absolute atomic E-state index is 0.319. The molecule has 3 aromatic carbocycles. The van der Waals surface area contributed by atoms with Crippen LogP contribution < -0.4 is 10.5 Å². The first-order valence-electron chi connectivity index (χ1n) is 9.17. The van der Waals surface area contributed by atoms with Crippen molar-refractivity contribution in [1.29, 1.82) is 0 Å². The third-order valence-corrected chi connectivity index (χ3v) is 6.31. The van der Waals surface area contributed by atoms with Crippen LogP contribution >= 0.6 is 11.8 Å². The van der Waals surface area contributed by atoms with Crippen molar-refractivity contribution in [2.75, 3.05) is 4.90 Å². The number of anilines is 1. The van der Waals surface area contributed by atoms with E-state index < -0.39 is 11.7 Å². The van der Waals surface area contributed by atoms with Crippen LogP contribution in [0.1, 0.15) is 17.2 Å². The number of halogens is 1. The van der Waals surface area contributed by atoms with Crippen molar-refractivity contribution in [3.05, 3.63) is 100 Å². The van der Waals surface area contributed by atoms with Crippen LogP contribution in [0.15, 0.2) is 91.9 Å². The number of benzene rings is 3. The monoisotopic (exact) mass is 400 g/mol. The molecule has 0 saturated carbocycles. The van der Waals surface area contributed by atoms with Crippen molar-refractivity contribution >= 4 is 39.3 Å². The molecule has 0 bridgehead atoms. The largest absolute Gasteiger partial charge is 0.422 e. The van der Waals surface area contributed by atoms with Gasteiger partial charge in [0.05, 0.1) is 23.0 Å². The summed E-state index contributed by atoms with van der Waals surface area (Å²) in [7, 11) is 0. The SMILES string of the molecule is O=c1oc2ccccc2c2c1C(c1ccc(F)cc1)N1C(=N2)Sc2ccccc21. The molecule has 0 saturated heterocycles. The highest BCUT2D eigenvalue weighted by Crippen LogP contribution is 2.51. The highest BCUT2D eigenvalue weighted by molar-refractivity contribution is 8.14. The summed E-state index contributed by atoms with van der Waals surface area (Å²) in [6, 6.07) is 21.2. The van der Waals surface area contributed by atoms with Gasteiger partial charge in [-0.15, -0.1) is 0 Å². The Labute approximate surface area is 169 Å². The van der Waals surface area contributed by atoms with Crippen LogP contribution in [0.2, 0.25) is 0 Å². The molecule has 6 rings (SSSR count). The van der Waals surface area contributed by atoms with Crippen LogP contribution in [0.3, 0.4) is 0 Å². The molecule has 0 fully saturated rings. The summed E-state index contributed by atoms with van der Waals surface area (Å²) in [5, 5.41) is 1.58. The van der Waals surface area contributed by atoms with E-state index in [0.29, 0.717) is 16.8 Å². The number of para-hydroxylation sites is 2. The molecule has 0 radical (unpaired) electrons. The van der Waals surface area contributed by atoms with Gasteiger partial charge in [0.25, 0.3) is 0 Å². The number of hydrogen-bond donors (Lipinski definition) is 0. The summed E-state index contributed by atoms with van der Waals surface area (Å²) in [5.41, 5.74) is 2.95. The molecule has 6 heteroatoms. The zero-order chi connectivity index (χ0) is 19.5. The van der Waals surface area contributed by atoms with Gasteiger partial charge in [0.15, 0.2) is 5.17 Å². The Hall–Kier alpha value is -3.38. The smallest absolute Gasteiger partial charge is 0.344 e. The first kappa shape index (κ1) is 16.6. The van der Waals surface area contributed by atoms with E-state index in [9.17, 15) is 9.18 Å². The van der Waals surface area contributed by atoms with Crippen molar-refractivity contribution in [1.82, 2.24) is 0 Å². The van der Waals surface area contributed by atoms with E-state index >= 15 is 0 Å². The number of thioether (sulfide) groups is 1. The lowest BCUT2D eigenvalue weighted by atomic mass is 9.94. The van der Waals surface area contributed by atoms with Crippen molar-refractivity contribution in [3.8, 4) is 0 Å². The number of aliphatic imine (C=N–C) groups is 1. The zero-order valence-electron chi connectivity index (χ0n) is 15.0. The van der Waals surface area contributed by atoms with E-state index in [-0.39, 0.29) is 5.82 Å². The minimum Gasteiger partial charge on any atom is -0.422 e. The Bertz CT molecular complexity index is 1380.